The van der Waals surface area contributed by atoms with Crippen LogP contribution >= 0.6 is 0 Å². The Morgan fingerprint density at radius 2 is 2.17 bits per heavy atom. The van der Waals surface area contributed by atoms with Gasteiger partial charge in [-0.3, -0.25) is 4.79 Å². The molecule has 3 aromatic rings. The molecule has 122 valence electrons. The predicted molar refractivity (Wildman–Crippen MR) is 86.5 cm³/mol. The highest BCUT2D eigenvalue weighted by atomic mass is 16.4. The lowest BCUT2D eigenvalue weighted by molar-refractivity contribution is 0.0698. The summed E-state index contributed by atoms with van der Waals surface area (Å²) in [4.78, 5) is 36.8. The average molecular weight is 326 g/mol. The monoisotopic (exact) mass is 326 g/mol. The summed E-state index contributed by atoms with van der Waals surface area (Å²) in [6.45, 7) is 0. The Kier molecular flexibility index (Phi) is 3.19. The van der Waals surface area contributed by atoms with E-state index < -0.39 is 11.4 Å². The van der Waals surface area contributed by atoms with Gasteiger partial charge in [0, 0.05) is 13.0 Å². The first-order chi connectivity index (χ1) is 11.6. The van der Waals surface area contributed by atoms with E-state index in [0.717, 1.165) is 19.3 Å². The third-order valence-electron chi connectivity index (χ3n) is 4.37. The summed E-state index contributed by atoms with van der Waals surface area (Å²) < 4.78 is 5.62. The minimum atomic E-state index is -1.17. The summed E-state index contributed by atoms with van der Waals surface area (Å²) in [5.74, 6) is -0.127. The van der Waals surface area contributed by atoms with Gasteiger partial charge in [-0.2, -0.15) is 4.98 Å². The maximum absolute atomic E-state index is 12.7. The zero-order chi connectivity index (χ0) is 16.8. The number of pyridine rings is 1. The summed E-state index contributed by atoms with van der Waals surface area (Å²) in [6.07, 6.45) is 4.65. The van der Waals surface area contributed by atoms with E-state index in [1.807, 2.05) is 0 Å². The van der Waals surface area contributed by atoms with Crippen molar-refractivity contribution >= 4 is 34.0 Å². The molecule has 1 aliphatic rings. The van der Waals surface area contributed by atoms with Crippen molar-refractivity contribution in [3.05, 3.63) is 33.9 Å². The average Bonchev–Trinajstić information content (AvgIpc) is 2.52. The maximum Gasteiger partial charge on any atom is 0.339 e. The fraction of sp³-hybridized carbons (Fsp3) is 0.312. The minimum absolute atomic E-state index is 0.0573. The van der Waals surface area contributed by atoms with Crippen molar-refractivity contribution in [2.24, 2.45) is 0 Å². The number of nitrogens with one attached hydrogen (secondary N) is 1. The second-order valence-corrected chi connectivity index (χ2v) is 5.79. The minimum Gasteiger partial charge on any atom is -0.478 e. The van der Waals surface area contributed by atoms with Gasteiger partial charge in [-0.15, -0.1) is 0 Å². The first-order valence-electron chi connectivity index (χ1n) is 7.64. The van der Waals surface area contributed by atoms with Crippen molar-refractivity contribution < 1.29 is 14.3 Å². The van der Waals surface area contributed by atoms with Crippen molar-refractivity contribution in [3.8, 4) is 0 Å². The van der Waals surface area contributed by atoms with Gasteiger partial charge in [0.15, 0.2) is 11.1 Å². The summed E-state index contributed by atoms with van der Waals surface area (Å²) in [5.41, 5.74) is -0.0263. The first-order valence-corrected chi connectivity index (χ1v) is 7.64. The van der Waals surface area contributed by atoms with Gasteiger partial charge < -0.3 is 14.8 Å². The van der Waals surface area contributed by atoms with E-state index in [1.54, 1.807) is 7.05 Å². The molecule has 1 fully saturated rings. The van der Waals surface area contributed by atoms with Crippen LogP contribution in [0.5, 0.6) is 0 Å². The lowest BCUT2D eigenvalue weighted by Gasteiger charge is -2.23. The molecule has 24 heavy (non-hydrogen) atoms. The summed E-state index contributed by atoms with van der Waals surface area (Å²) in [6, 6.07) is 1.27. The van der Waals surface area contributed by atoms with Crippen LogP contribution in [0.1, 0.15) is 41.4 Å². The topological polar surface area (TPSA) is 118 Å². The van der Waals surface area contributed by atoms with E-state index in [9.17, 15) is 14.7 Å². The van der Waals surface area contributed by atoms with Crippen LogP contribution in [0.4, 0.5) is 5.82 Å². The highest BCUT2D eigenvalue weighted by Crippen LogP contribution is 2.34. The Morgan fingerprint density at radius 3 is 2.79 bits per heavy atom. The number of anilines is 1. The lowest BCUT2D eigenvalue weighted by Crippen LogP contribution is -2.15. The molecule has 1 saturated carbocycles. The predicted octanol–water partition coefficient (Wildman–Crippen LogP) is 2.14. The van der Waals surface area contributed by atoms with Crippen LogP contribution in [-0.4, -0.2) is 33.1 Å². The number of hydrogen-bond donors (Lipinski definition) is 2. The normalized spacial score (nSPS) is 14.7. The fourth-order valence-electron chi connectivity index (χ4n) is 2.81. The summed E-state index contributed by atoms with van der Waals surface area (Å²) >= 11 is 0. The van der Waals surface area contributed by atoms with Gasteiger partial charge in [0.05, 0.1) is 11.6 Å². The van der Waals surface area contributed by atoms with Gasteiger partial charge in [-0.1, -0.05) is 6.42 Å². The number of fused-ring (bicyclic) bond motifs is 2. The molecule has 0 aromatic carbocycles. The number of carboxylic acid groups (broad SMARTS) is 1. The van der Waals surface area contributed by atoms with E-state index in [1.165, 1.54) is 12.3 Å². The number of carboxylic acids is 1. The number of aromatic carboxylic acids is 1. The van der Waals surface area contributed by atoms with Crippen LogP contribution in [0.2, 0.25) is 0 Å². The molecule has 0 unspecified atom stereocenters. The number of aromatic nitrogens is 3. The third-order valence-corrected chi connectivity index (χ3v) is 4.37. The molecule has 0 aliphatic heterocycles. The second-order valence-electron chi connectivity index (χ2n) is 5.79. The largest absolute Gasteiger partial charge is 0.478 e. The highest BCUT2D eigenvalue weighted by molar-refractivity contribution is 5.98. The van der Waals surface area contributed by atoms with Crippen LogP contribution in [0, 0.1) is 0 Å². The quantitative estimate of drug-likeness (QED) is 0.703. The van der Waals surface area contributed by atoms with E-state index in [2.05, 4.69) is 20.3 Å². The Balaban J connectivity index is 2.01. The van der Waals surface area contributed by atoms with Crippen LogP contribution in [-0.2, 0) is 0 Å². The molecule has 3 heterocycles. The molecule has 0 bridgehead atoms. The Bertz CT molecular complexity index is 1040. The number of rotatable bonds is 3. The van der Waals surface area contributed by atoms with Gasteiger partial charge >= 0.3 is 5.97 Å². The lowest BCUT2D eigenvalue weighted by atomic mass is 9.85. The van der Waals surface area contributed by atoms with Crippen molar-refractivity contribution in [2.45, 2.75) is 25.2 Å². The summed E-state index contributed by atoms with van der Waals surface area (Å²) in [5, 5.41) is 12.1. The van der Waals surface area contributed by atoms with Crippen molar-refractivity contribution in [1.29, 1.82) is 0 Å². The molecule has 0 radical (unpaired) electrons. The zero-order valence-electron chi connectivity index (χ0n) is 12.9. The highest BCUT2D eigenvalue weighted by Gasteiger charge is 2.24. The molecule has 2 N–H and O–H groups in total. The molecule has 0 saturated heterocycles. The van der Waals surface area contributed by atoms with Crippen LogP contribution in [0.25, 0.3) is 22.2 Å². The smallest absolute Gasteiger partial charge is 0.339 e. The molecule has 8 nitrogen and oxygen atoms in total. The van der Waals surface area contributed by atoms with Crippen LogP contribution in [0.15, 0.2) is 21.5 Å². The molecule has 1 aliphatic carbocycles. The number of carbonyl (C=O) groups is 1. The van der Waals surface area contributed by atoms with Crippen LogP contribution < -0.4 is 10.7 Å². The second kappa shape index (κ2) is 5.26. The molecule has 0 amide bonds. The molecular weight excluding hydrogens is 312 g/mol. The molecule has 4 rings (SSSR count). The fourth-order valence-corrected chi connectivity index (χ4v) is 2.81. The van der Waals surface area contributed by atoms with Gasteiger partial charge in [-0.25, -0.2) is 14.8 Å². The van der Waals surface area contributed by atoms with E-state index >= 15 is 0 Å². The molecule has 3 aromatic heterocycles. The molecule has 0 atom stereocenters. The van der Waals surface area contributed by atoms with Gasteiger partial charge in [0.1, 0.15) is 17.2 Å². The first kappa shape index (κ1) is 14.6. The third kappa shape index (κ3) is 2.10. The van der Waals surface area contributed by atoms with E-state index in [4.69, 9.17) is 4.42 Å². The molecular formula is C16H14N4O4. The maximum atomic E-state index is 12.7. The SMILES string of the molecule is CNc1nc2oc3cnc(C4CCC4)nc3c(=O)c2cc1C(=O)O. The van der Waals surface area contributed by atoms with Gasteiger partial charge in [-0.05, 0) is 18.9 Å². The molecule has 8 heteroatoms. The zero-order valence-corrected chi connectivity index (χ0v) is 12.9. The molecule has 0 spiro atoms. The number of nitrogens with zero attached hydrogens (tertiary/aromatic N) is 3. The Labute approximate surface area is 135 Å². The standard InChI is InChI=1S/C16H14N4O4/c1-17-14-9(16(22)23)5-8-12(21)11-10(24-15(8)20-14)6-18-13(19-11)7-3-2-4-7/h5-7H,2-4H2,1H3,(H,17,20)(H,22,23). The van der Waals surface area contributed by atoms with Crippen LogP contribution in [0.3, 0.4) is 0 Å². The van der Waals surface area contributed by atoms with E-state index in [0.29, 0.717) is 5.82 Å². The van der Waals surface area contributed by atoms with E-state index in [-0.39, 0.29) is 39.5 Å². The summed E-state index contributed by atoms with van der Waals surface area (Å²) in [7, 11) is 1.55. The Hall–Kier alpha value is -3.03. The van der Waals surface area contributed by atoms with Gasteiger partial charge in [0.25, 0.3) is 0 Å². The number of hydrogen-bond acceptors (Lipinski definition) is 7. The van der Waals surface area contributed by atoms with Crippen molar-refractivity contribution in [3.63, 3.8) is 0 Å². The van der Waals surface area contributed by atoms with Gasteiger partial charge in [0.2, 0.25) is 11.1 Å². The Morgan fingerprint density at radius 1 is 1.38 bits per heavy atom. The van der Waals surface area contributed by atoms with Crippen molar-refractivity contribution in [1.82, 2.24) is 15.0 Å². The van der Waals surface area contributed by atoms with Crippen molar-refractivity contribution in [2.75, 3.05) is 12.4 Å².